The van der Waals surface area contributed by atoms with Crippen LogP contribution < -0.4 is 10.6 Å². The first-order valence-corrected chi connectivity index (χ1v) is 15.0. The summed E-state index contributed by atoms with van der Waals surface area (Å²) in [6.45, 7) is 7.23. The van der Waals surface area contributed by atoms with Gasteiger partial charge in [0.15, 0.2) is 6.29 Å². The van der Waals surface area contributed by atoms with Crippen LogP contribution >= 0.6 is 0 Å². The number of urea groups is 1. The van der Waals surface area contributed by atoms with E-state index in [4.69, 9.17) is 14.2 Å². The minimum absolute atomic E-state index is 0.0580. The molecule has 1 aliphatic carbocycles. The van der Waals surface area contributed by atoms with Crippen molar-refractivity contribution in [1.29, 1.82) is 0 Å². The molecular weight excluding hydrogens is 512 g/mol. The Morgan fingerprint density at radius 3 is 2.52 bits per heavy atom. The Balaban J connectivity index is 1.25. The number of rotatable bonds is 10. The molecular formula is C30H46N4O6. The molecule has 1 aromatic carbocycles. The Morgan fingerprint density at radius 1 is 1.10 bits per heavy atom. The molecule has 10 heteroatoms. The van der Waals surface area contributed by atoms with Gasteiger partial charge in [0.05, 0.1) is 31.9 Å². The van der Waals surface area contributed by atoms with E-state index in [-0.39, 0.29) is 48.6 Å². The van der Waals surface area contributed by atoms with Gasteiger partial charge < -0.3 is 39.8 Å². The SMILES string of the molecule is CNC1CCN(C(=O)N(CC(C)C)CC(O)C(Cc2ccccc2)NC(=O)OC2C3COC4OCC2C4C3)CC1. The number of ether oxygens (including phenoxy) is 3. The normalized spacial score (nSPS) is 29.3. The second-order valence-corrected chi connectivity index (χ2v) is 12.4. The van der Waals surface area contributed by atoms with E-state index in [1.807, 2.05) is 42.3 Å². The number of carbonyl (C=O) groups excluding carboxylic acids is 2. The van der Waals surface area contributed by atoms with Crippen molar-refractivity contribution in [3.63, 3.8) is 0 Å². The van der Waals surface area contributed by atoms with Crippen molar-refractivity contribution in [2.75, 3.05) is 46.4 Å². The first-order valence-electron chi connectivity index (χ1n) is 15.0. The van der Waals surface area contributed by atoms with E-state index in [9.17, 15) is 14.7 Å². The molecule has 4 aliphatic rings. The van der Waals surface area contributed by atoms with Gasteiger partial charge in [-0.1, -0.05) is 44.2 Å². The van der Waals surface area contributed by atoms with Crippen LogP contribution in [0.25, 0.3) is 0 Å². The third-order valence-corrected chi connectivity index (χ3v) is 9.04. The molecule has 1 aromatic rings. The van der Waals surface area contributed by atoms with Crippen LogP contribution in [0, 0.1) is 23.7 Å². The van der Waals surface area contributed by atoms with E-state index in [2.05, 4.69) is 24.5 Å². The molecule has 3 saturated heterocycles. The standard InChI is InChI=1S/C30H46N4O6/c1-19(2)15-34(30(37)33-11-9-22(31-3)10-12-33)16-26(35)25(13-20-7-5-4-6-8-20)32-29(36)40-27-21-14-23-24(27)18-39-28(23)38-17-21/h4-8,19,21-28,31,35H,9-18H2,1-3H3,(H,32,36). The fourth-order valence-corrected chi connectivity index (χ4v) is 6.89. The van der Waals surface area contributed by atoms with Gasteiger partial charge in [0.25, 0.3) is 0 Å². The van der Waals surface area contributed by atoms with E-state index in [0.29, 0.717) is 45.3 Å². The maximum Gasteiger partial charge on any atom is 0.407 e. The second-order valence-electron chi connectivity index (χ2n) is 12.4. The third kappa shape index (κ3) is 6.73. The molecule has 0 radical (unpaired) electrons. The first-order chi connectivity index (χ1) is 19.3. The average molecular weight is 559 g/mol. The molecule has 3 aliphatic heterocycles. The lowest BCUT2D eigenvalue weighted by Gasteiger charge is -2.38. The molecule has 3 N–H and O–H groups in total. The first kappa shape index (κ1) is 29.1. The summed E-state index contributed by atoms with van der Waals surface area (Å²) in [6, 6.07) is 9.51. The number of likely N-dealkylation sites (tertiary alicyclic amines) is 1. The largest absolute Gasteiger partial charge is 0.445 e. The van der Waals surface area contributed by atoms with Gasteiger partial charge in [-0.3, -0.25) is 0 Å². The summed E-state index contributed by atoms with van der Waals surface area (Å²) >= 11 is 0. The predicted molar refractivity (Wildman–Crippen MR) is 150 cm³/mol. The van der Waals surface area contributed by atoms with Crippen molar-refractivity contribution < 1.29 is 28.9 Å². The predicted octanol–water partition coefficient (Wildman–Crippen LogP) is 2.45. The van der Waals surface area contributed by atoms with Crippen LogP contribution in [0.3, 0.4) is 0 Å². The highest BCUT2D eigenvalue weighted by molar-refractivity contribution is 5.74. The number of nitrogens with one attached hydrogen (secondary N) is 2. The number of aliphatic hydroxyl groups is 1. The summed E-state index contributed by atoms with van der Waals surface area (Å²) in [4.78, 5) is 30.4. The molecule has 1 saturated carbocycles. The summed E-state index contributed by atoms with van der Waals surface area (Å²) < 4.78 is 17.6. The Morgan fingerprint density at radius 2 is 1.82 bits per heavy atom. The summed E-state index contributed by atoms with van der Waals surface area (Å²) in [5.74, 6) is 0.825. The monoisotopic (exact) mass is 558 g/mol. The van der Waals surface area contributed by atoms with Crippen LogP contribution in [0.5, 0.6) is 0 Å². The zero-order chi connectivity index (χ0) is 28.2. The Hall–Kier alpha value is -2.40. The Bertz CT molecular complexity index is 988. The second kappa shape index (κ2) is 13.1. The molecule has 4 fully saturated rings. The number of alkyl carbamates (subject to hydrolysis) is 1. The molecule has 10 nitrogen and oxygen atoms in total. The highest BCUT2D eigenvalue weighted by Gasteiger charge is 2.56. The molecule has 7 unspecified atom stereocenters. The van der Waals surface area contributed by atoms with Crippen molar-refractivity contribution in [2.45, 2.75) is 70.1 Å². The van der Waals surface area contributed by atoms with Gasteiger partial charge in [-0.25, -0.2) is 9.59 Å². The summed E-state index contributed by atoms with van der Waals surface area (Å²) in [5, 5.41) is 17.8. The van der Waals surface area contributed by atoms with Crippen molar-refractivity contribution in [3.8, 4) is 0 Å². The zero-order valence-electron chi connectivity index (χ0n) is 24.0. The summed E-state index contributed by atoms with van der Waals surface area (Å²) in [5.41, 5.74) is 0.986. The number of hydrogen-bond acceptors (Lipinski definition) is 7. The van der Waals surface area contributed by atoms with Crippen LogP contribution in [0.15, 0.2) is 30.3 Å². The summed E-state index contributed by atoms with van der Waals surface area (Å²) in [6.07, 6.45) is 1.22. The molecule has 2 bridgehead atoms. The van der Waals surface area contributed by atoms with Gasteiger partial charge in [-0.05, 0) is 44.2 Å². The zero-order valence-corrected chi connectivity index (χ0v) is 24.0. The average Bonchev–Trinajstić information content (AvgIpc) is 3.49. The maximum absolute atomic E-state index is 13.6. The number of amides is 3. The van der Waals surface area contributed by atoms with Crippen LogP contribution in [-0.2, 0) is 20.6 Å². The van der Waals surface area contributed by atoms with Crippen molar-refractivity contribution in [1.82, 2.24) is 20.4 Å². The number of benzene rings is 1. The smallest absolute Gasteiger partial charge is 0.407 e. The minimum atomic E-state index is -0.976. The fourth-order valence-electron chi connectivity index (χ4n) is 6.89. The van der Waals surface area contributed by atoms with Crippen molar-refractivity contribution in [2.24, 2.45) is 23.7 Å². The molecule has 0 aromatic heterocycles. The molecule has 40 heavy (non-hydrogen) atoms. The molecule has 5 rings (SSSR count). The molecule has 222 valence electrons. The third-order valence-electron chi connectivity index (χ3n) is 9.04. The highest BCUT2D eigenvalue weighted by atomic mass is 16.7. The number of carbonyl (C=O) groups is 2. The van der Waals surface area contributed by atoms with E-state index in [1.54, 1.807) is 4.90 Å². The number of hydrogen-bond donors (Lipinski definition) is 3. The fraction of sp³-hybridized carbons (Fsp3) is 0.733. The van der Waals surface area contributed by atoms with E-state index in [1.165, 1.54) is 0 Å². The van der Waals surface area contributed by atoms with Gasteiger partial charge >= 0.3 is 12.1 Å². The topological polar surface area (TPSA) is 113 Å². The lowest BCUT2D eigenvalue weighted by atomic mass is 9.98. The van der Waals surface area contributed by atoms with Crippen LogP contribution in [0.4, 0.5) is 9.59 Å². The number of piperidine rings is 1. The lowest BCUT2D eigenvalue weighted by Crippen LogP contribution is -2.55. The van der Waals surface area contributed by atoms with Gasteiger partial charge in [0.2, 0.25) is 0 Å². The van der Waals surface area contributed by atoms with Gasteiger partial charge in [0.1, 0.15) is 6.10 Å². The molecule has 3 amide bonds. The van der Waals surface area contributed by atoms with E-state index < -0.39 is 18.2 Å². The molecule has 7 atom stereocenters. The van der Waals surface area contributed by atoms with Crippen LogP contribution in [-0.4, -0.2) is 104 Å². The van der Waals surface area contributed by atoms with Crippen LogP contribution in [0.1, 0.15) is 38.7 Å². The van der Waals surface area contributed by atoms with Crippen molar-refractivity contribution in [3.05, 3.63) is 35.9 Å². The van der Waals surface area contributed by atoms with Crippen LogP contribution in [0.2, 0.25) is 0 Å². The number of nitrogens with zero attached hydrogens (tertiary/aromatic N) is 2. The highest BCUT2D eigenvalue weighted by Crippen LogP contribution is 2.49. The number of aliphatic hydroxyl groups excluding tert-OH is 1. The minimum Gasteiger partial charge on any atom is -0.445 e. The Kier molecular flexibility index (Phi) is 9.50. The Labute approximate surface area is 237 Å². The quantitative estimate of drug-likeness (QED) is 0.404. The lowest BCUT2D eigenvalue weighted by molar-refractivity contribution is -0.169. The van der Waals surface area contributed by atoms with Gasteiger partial charge in [-0.15, -0.1) is 0 Å². The van der Waals surface area contributed by atoms with Gasteiger partial charge in [0, 0.05) is 43.4 Å². The van der Waals surface area contributed by atoms with Crippen molar-refractivity contribution >= 4 is 12.1 Å². The maximum atomic E-state index is 13.6. The molecule has 0 spiro atoms. The van der Waals surface area contributed by atoms with Gasteiger partial charge in [-0.2, -0.15) is 0 Å². The van der Waals surface area contributed by atoms with E-state index >= 15 is 0 Å². The molecule has 3 heterocycles. The number of fused-ring (bicyclic) bond motifs is 1. The van der Waals surface area contributed by atoms with E-state index in [0.717, 1.165) is 24.8 Å². The summed E-state index contributed by atoms with van der Waals surface area (Å²) in [7, 11) is 1.96.